The summed E-state index contributed by atoms with van der Waals surface area (Å²) in [6, 6.07) is 18.4. The first-order chi connectivity index (χ1) is 14.6. The van der Waals surface area contributed by atoms with E-state index < -0.39 is 18.0 Å². The molecule has 0 radical (unpaired) electrons. The Bertz CT molecular complexity index is 1320. The van der Waals surface area contributed by atoms with Gasteiger partial charge in [0.05, 0.1) is 17.8 Å². The van der Waals surface area contributed by atoms with Crippen LogP contribution < -0.4 is 10.6 Å². The highest BCUT2D eigenvalue weighted by Crippen LogP contribution is 2.33. The number of urea groups is 1. The average molecular weight is 397 g/mol. The van der Waals surface area contributed by atoms with E-state index in [0.29, 0.717) is 11.4 Å². The molecule has 0 bridgehead atoms. The molecular formula is C23H19N5O2. The molecule has 4 aromatic rings. The molecule has 2 atom stereocenters. The molecule has 1 aliphatic rings. The lowest BCUT2D eigenvalue weighted by Gasteiger charge is -2.31. The number of H-pyrrole nitrogens is 1. The molecule has 2 heterocycles. The quantitative estimate of drug-likeness (QED) is 0.483. The monoisotopic (exact) mass is 397 g/mol. The van der Waals surface area contributed by atoms with Crippen molar-refractivity contribution in [3.63, 3.8) is 0 Å². The number of carbonyl (C=O) groups is 2. The molecule has 1 aliphatic heterocycles. The summed E-state index contributed by atoms with van der Waals surface area (Å²) < 4.78 is 0. The maximum Gasteiger partial charge on any atom is 0.341 e. The van der Waals surface area contributed by atoms with Gasteiger partial charge in [-0.2, -0.15) is 5.10 Å². The lowest BCUT2D eigenvalue weighted by molar-refractivity contribution is -0.118. The summed E-state index contributed by atoms with van der Waals surface area (Å²) >= 11 is 0. The topological polar surface area (TPSA) is 99.2 Å². The van der Waals surface area contributed by atoms with Crippen molar-refractivity contribution in [1.29, 1.82) is 0 Å². The Morgan fingerprint density at radius 2 is 1.87 bits per heavy atom. The highest BCUT2D eigenvalue weighted by molar-refractivity contribution is 6.13. The molecular weight excluding hydrogens is 378 g/mol. The van der Waals surface area contributed by atoms with Crippen molar-refractivity contribution >= 4 is 45.0 Å². The number of benzene rings is 3. The summed E-state index contributed by atoms with van der Waals surface area (Å²) in [5, 5.41) is 15.7. The Kier molecular flexibility index (Phi) is 4.28. The lowest BCUT2D eigenvalue weighted by Crippen LogP contribution is -2.45. The fraction of sp³-hybridized carbons (Fsp3) is 0.130. The van der Waals surface area contributed by atoms with Crippen LogP contribution in [0.25, 0.3) is 21.7 Å². The average Bonchev–Trinajstić information content (AvgIpc) is 3.20. The van der Waals surface area contributed by atoms with E-state index >= 15 is 0 Å². The Morgan fingerprint density at radius 1 is 1.03 bits per heavy atom. The first-order valence-electron chi connectivity index (χ1n) is 9.67. The standard InChI is InChI=1S/C23H19N5O2/c1-13-20(22(29)26-16-9-10-19-15(11-16)12-24-28-19)21(27-23(30)25-13)18-8-4-6-14-5-2-3-7-17(14)18/h2-12,20-21H,1H3,(H,24,28)(H,26,29)(H,27,30). The summed E-state index contributed by atoms with van der Waals surface area (Å²) in [6.07, 6.45) is 1.71. The van der Waals surface area contributed by atoms with Crippen LogP contribution in [0.5, 0.6) is 0 Å². The maximum absolute atomic E-state index is 13.3. The lowest BCUT2D eigenvalue weighted by atomic mass is 9.85. The predicted molar refractivity (Wildman–Crippen MR) is 117 cm³/mol. The molecule has 0 saturated heterocycles. The number of nitrogens with one attached hydrogen (secondary N) is 3. The minimum atomic E-state index is -0.631. The third-order valence-corrected chi connectivity index (χ3v) is 5.49. The molecule has 2 unspecified atom stereocenters. The van der Waals surface area contributed by atoms with Crippen molar-refractivity contribution in [1.82, 2.24) is 15.5 Å². The number of hydrogen-bond acceptors (Lipinski definition) is 3. The number of amides is 3. The molecule has 0 saturated carbocycles. The molecule has 7 heteroatoms. The van der Waals surface area contributed by atoms with E-state index in [9.17, 15) is 9.59 Å². The van der Waals surface area contributed by atoms with Crippen molar-refractivity contribution in [2.24, 2.45) is 10.9 Å². The van der Waals surface area contributed by atoms with Gasteiger partial charge >= 0.3 is 6.03 Å². The van der Waals surface area contributed by atoms with E-state index in [1.54, 1.807) is 13.1 Å². The Labute approximate surface area is 172 Å². The zero-order chi connectivity index (χ0) is 20.7. The van der Waals surface area contributed by atoms with E-state index in [-0.39, 0.29) is 5.91 Å². The van der Waals surface area contributed by atoms with Gasteiger partial charge in [0.15, 0.2) is 0 Å². The summed E-state index contributed by atoms with van der Waals surface area (Å²) in [5.74, 6) is -0.856. The molecule has 0 aliphatic carbocycles. The van der Waals surface area contributed by atoms with Gasteiger partial charge in [-0.15, -0.1) is 0 Å². The number of anilines is 1. The maximum atomic E-state index is 13.3. The highest BCUT2D eigenvalue weighted by atomic mass is 16.2. The van der Waals surface area contributed by atoms with E-state index in [0.717, 1.165) is 27.2 Å². The van der Waals surface area contributed by atoms with Gasteiger partial charge in [0, 0.05) is 16.8 Å². The van der Waals surface area contributed by atoms with Crippen molar-refractivity contribution in [3.05, 3.63) is 72.4 Å². The van der Waals surface area contributed by atoms with Crippen LogP contribution in [0.3, 0.4) is 0 Å². The largest absolute Gasteiger partial charge is 0.341 e. The number of carbonyl (C=O) groups excluding carboxylic acids is 2. The molecule has 3 N–H and O–H groups in total. The minimum absolute atomic E-state index is 0.225. The molecule has 7 nitrogen and oxygen atoms in total. The molecule has 3 amide bonds. The number of aromatic amines is 1. The fourth-order valence-corrected chi connectivity index (χ4v) is 4.08. The zero-order valence-corrected chi connectivity index (χ0v) is 16.2. The van der Waals surface area contributed by atoms with Crippen molar-refractivity contribution in [2.75, 3.05) is 5.32 Å². The van der Waals surface area contributed by atoms with Crippen LogP contribution in [-0.2, 0) is 4.79 Å². The van der Waals surface area contributed by atoms with E-state index in [2.05, 4.69) is 25.8 Å². The Hall–Kier alpha value is -4.00. The SMILES string of the molecule is CC1=NC(=O)NC(c2cccc3ccccc23)C1C(=O)Nc1ccc2[nH]ncc2c1. The van der Waals surface area contributed by atoms with Crippen molar-refractivity contribution in [2.45, 2.75) is 13.0 Å². The Morgan fingerprint density at radius 3 is 2.77 bits per heavy atom. The van der Waals surface area contributed by atoms with Crippen LogP contribution >= 0.6 is 0 Å². The van der Waals surface area contributed by atoms with Crippen molar-refractivity contribution < 1.29 is 9.59 Å². The minimum Gasteiger partial charge on any atom is -0.328 e. The van der Waals surface area contributed by atoms with Crippen LogP contribution in [0.15, 0.2) is 71.9 Å². The molecule has 0 spiro atoms. The number of fused-ring (bicyclic) bond motifs is 2. The normalized spacial score (nSPS) is 18.8. The van der Waals surface area contributed by atoms with E-state index in [1.165, 1.54) is 0 Å². The van der Waals surface area contributed by atoms with Crippen LogP contribution in [-0.4, -0.2) is 27.8 Å². The summed E-state index contributed by atoms with van der Waals surface area (Å²) in [7, 11) is 0. The van der Waals surface area contributed by atoms with Gasteiger partial charge in [-0.1, -0.05) is 42.5 Å². The second-order valence-corrected chi connectivity index (χ2v) is 7.39. The van der Waals surface area contributed by atoms with Crippen LogP contribution in [0.1, 0.15) is 18.5 Å². The van der Waals surface area contributed by atoms with Crippen LogP contribution in [0.2, 0.25) is 0 Å². The summed E-state index contributed by atoms with van der Waals surface area (Å²) in [5.41, 5.74) is 2.93. The van der Waals surface area contributed by atoms with Crippen LogP contribution in [0, 0.1) is 5.92 Å². The first kappa shape index (κ1) is 18.1. The summed E-state index contributed by atoms with van der Waals surface area (Å²) in [4.78, 5) is 29.5. The van der Waals surface area contributed by atoms with Gasteiger partial charge in [0.2, 0.25) is 5.91 Å². The molecule has 30 heavy (non-hydrogen) atoms. The third kappa shape index (κ3) is 3.10. The number of aromatic nitrogens is 2. The number of hydrogen-bond donors (Lipinski definition) is 3. The molecule has 3 aromatic carbocycles. The van der Waals surface area contributed by atoms with Crippen LogP contribution in [0.4, 0.5) is 10.5 Å². The van der Waals surface area contributed by atoms with Gasteiger partial charge in [-0.3, -0.25) is 9.89 Å². The van der Waals surface area contributed by atoms with Gasteiger partial charge in [0.25, 0.3) is 0 Å². The second kappa shape index (κ2) is 7.11. The third-order valence-electron chi connectivity index (χ3n) is 5.49. The van der Waals surface area contributed by atoms with Gasteiger partial charge < -0.3 is 10.6 Å². The van der Waals surface area contributed by atoms with E-state index in [4.69, 9.17) is 0 Å². The summed E-state index contributed by atoms with van der Waals surface area (Å²) in [6.45, 7) is 1.72. The second-order valence-electron chi connectivity index (χ2n) is 7.39. The zero-order valence-electron chi connectivity index (χ0n) is 16.2. The smallest absolute Gasteiger partial charge is 0.328 e. The van der Waals surface area contributed by atoms with E-state index in [1.807, 2.05) is 60.7 Å². The fourth-order valence-electron chi connectivity index (χ4n) is 4.08. The Balaban J connectivity index is 1.53. The highest BCUT2D eigenvalue weighted by Gasteiger charge is 2.37. The van der Waals surface area contributed by atoms with Gasteiger partial charge in [0.1, 0.15) is 5.92 Å². The number of aliphatic imine (C=N–C) groups is 1. The first-order valence-corrected chi connectivity index (χ1v) is 9.67. The van der Waals surface area contributed by atoms with Crippen molar-refractivity contribution in [3.8, 4) is 0 Å². The van der Waals surface area contributed by atoms with Gasteiger partial charge in [-0.25, -0.2) is 9.79 Å². The number of nitrogens with zero attached hydrogens (tertiary/aromatic N) is 2. The molecule has 0 fully saturated rings. The molecule has 148 valence electrons. The molecule has 5 rings (SSSR count). The van der Waals surface area contributed by atoms with Gasteiger partial charge in [-0.05, 0) is 41.5 Å². The number of rotatable bonds is 3. The molecule has 1 aromatic heterocycles. The predicted octanol–water partition coefficient (Wildman–Crippen LogP) is 4.20.